The molecule has 2 aliphatic rings. The SMILES string of the molecule is CN=C(NC)NCCCC=CCCC[C@H](C)[C@@H]1OC(=O)C(C)=CC=C[C@@H](C)[C@@H](O)C[C@H](O)[C@@H](C)[C@@H](O)CC[C@H](C)[C@@H](O)C[C@@]2(O)O[C@@H](C[C@@H](OC(=O)CCCCC(C)C)C[C@H](O)C[C@@H](O)C[C@H](O)C(C)=CC=C[C@@H]1C)C[C@@H](O)[C@@H]2O. The fourth-order valence-electron chi connectivity index (χ4n) is 10.3. The lowest BCUT2D eigenvalue weighted by molar-refractivity contribution is -0.333. The van der Waals surface area contributed by atoms with Gasteiger partial charge in [0.2, 0.25) is 0 Å². The Hall–Kier alpha value is -3.53. The van der Waals surface area contributed by atoms with E-state index in [0.29, 0.717) is 23.5 Å². The number of hydrogen-bond acceptors (Lipinski definition) is 16. The van der Waals surface area contributed by atoms with Crippen molar-refractivity contribution in [2.45, 2.75) is 257 Å². The summed E-state index contributed by atoms with van der Waals surface area (Å²) in [5.74, 6) is -4.18. The molecule has 1 saturated heterocycles. The summed E-state index contributed by atoms with van der Waals surface area (Å²) in [7, 11) is 3.55. The van der Waals surface area contributed by atoms with E-state index in [0.717, 1.165) is 57.5 Å². The van der Waals surface area contributed by atoms with Crippen LogP contribution < -0.4 is 10.6 Å². The molecule has 0 unspecified atom stereocenters. The van der Waals surface area contributed by atoms with Gasteiger partial charge in [0.05, 0.1) is 54.9 Å². The molecule has 18 nitrogen and oxygen atoms in total. The van der Waals surface area contributed by atoms with Crippen LogP contribution in [0.15, 0.2) is 64.7 Å². The van der Waals surface area contributed by atoms with Crippen molar-refractivity contribution in [3.05, 3.63) is 59.8 Å². The van der Waals surface area contributed by atoms with E-state index in [4.69, 9.17) is 14.2 Å². The predicted octanol–water partition coefficient (Wildman–Crippen LogP) is 6.37. The lowest BCUT2D eigenvalue weighted by atomic mass is 9.84. The average molecular weight is 1140 g/mol. The number of allylic oxidation sites excluding steroid dienone is 6. The van der Waals surface area contributed by atoms with E-state index in [1.807, 2.05) is 20.0 Å². The molecule has 2 bridgehead atoms. The van der Waals surface area contributed by atoms with E-state index in [1.165, 1.54) is 0 Å². The van der Waals surface area contributed by atoms with Gasteiger partial charge in [0.1, 0.15) is 18.3 Å². The molecule has 12 N–H and O–H groups in total. The van der Waals surface area contributed by atoms with Gasteiger partial charge in [0.15, 0.2) is 11.7 Å². The highest BCUT2D eigenvalue weighted by Gasteiger charge is 2.50. The van der Waals surface area contributed by atoms with Crippen molar-refractivity contribution in [1.29, 1.82) is 0 Å². The number of aliphatic imine (C=N–C) groups is 1. The third-order valence-corrected chi connectivity index (χ3v) is 16.1. The molecule has 0 aromatic rings. The Kier molecular flexibility index (Phi) is 34.8. The van der Waals surface area contributed by atoms with Gasteiger partial charge in [0.25, 0.3) is 0 Å². The van der Waals surface area contributed by atoms with Gasteiger partial charge < -0.3 is 75.9 Å². The van der Waals surface area contributed by atoms with Crippen LogP contribution in [0.25, 0.3) is 0 Å². The zero-order valence-corrected chi connectivity index (χ0v) is 50.4. The number of unbranched alkanes of at least 4 members (excludes halogenated alkanes) is 3. The Labute approximate surface area is 479 Å². The molecule has 0 aromatic heterocycles. The number of nitrogens with one attached hydrogen (secondary N) is 2. The van der Waals surface area contributed by atoms with Crippen LogP contribution in [0.2, 0.25) is 0 Å². The summed E-state index contributed by atoms with van der Waals surface area (Å²) in [4.78, 5) is 31.0. The summed E-state index contributed by atoms with van der Waals surface area (Å²) in [5.41, 5.74) is 0.890. The number of guanidine groups is 1. The zero-order chi connectivity index (χ0) is 60.1. The predicted molar refractivity (Wildman–Crippen MR) is 313 cm³/mol. The Morgan fingerprint density at radius 2 is 1.41 bits per heavy atom. The highest BCUT2D eigenvalue weighted by Crippen LogP contribution is 2.36. The van der Waals surface area contributed by atoms with E-state index in [1.54, 1.807) is 72.0 Å². The van der Waals surface area contributed by atoms with Crippen LogP contribution in [-0.2, 0) is 23.8 Å². The van der Waals surface area contributed by atoms with Crippen LogP contribution in [-0.4, -0.2) is 169 Å². The van der Waals surface area contributed by atoms with Gasteiger partial charge in [-0.3, -0.25) is 9.79 Å². The molecule has 462 valence electrons. The highest BCUT2D eigenvalue weighted by molar-refractivity contribution is 5.88. The highest BCUT2D eigenvalue weighted by atomic mass is 16.7. The van der Waals surface area contributed by atoms with E-state index in [2.05, 4.69) is 48.5 Å². The minimum atomic E-state index is -2.43. The monoisotopic (exact) mass is 1140 g/mol. The summed E-state index contributed by atoms with van der Waals surface area (Å²) in [6.07, 6.45) is 7.07. The smallest absolute Gasteiger partial charge is 0.334 e. The van der Waals surface area contributed by atoms with Gasteiger partial charge in [0, 0.05) is 88.9 Å². The van der Waals surface area contributed by atoms with Crippen molar-refractivity contribution >= 4 is 17.9 Å². The fraction of sp³-hybridized carbons (Fsp3) is 0.790. The molecule has 0 spiro atoms. The molecular weight excluding hydrogens is 1030 g/mol. The number of carbonyl (C=O) groups excluding carboxylic acids is 2. The number of hydrogen-bond donors (Lipinski definition) is 12. The molecule has 0 aliphatic carbocycles. The largest absolute Gasteiger partial charge is 0.462 e. The number of fused-ring (bicyclic) bond motifs is 2. The van der Waals surface area contributed by atoms with Crippen molar-refractivity contribution in [3.8, 4) is 0 Å². The number of esters is 2. The van der Waals surface area contributed by atoms with Crippen LogP contribution in [0, 0.1) is 35.5 Å². The van der Waals surface area contributed by atoms with Crippen molar-refractivity contribution in [2.75, 3.05) is 20.6 Å². The van der Waals surface area contributed by atoms with Gasteiger partial charge in [-0.2, -0.15) is 0 Å². The van der Waals surface area contributed by atoms with Crippen molar-refractivity contribution in [2.24, 2.45) is 40.5 Å². The molecule has 0 aromatic carbocycles. The molecule has 0 radical (unpaired) electrons. The van der Waals surface area contributed by atoms with E-state index in [-0.39, 0.29) is 69.6 Å². The number of aliphatic hydroxyl groups is 10. The molecule has 0 amide bonds. The van der Waals surface area contributed by atoms with Crippen LogP contribution in [0.1, 0.15) is 178 Å². The number of cyclic esters (lactones) is 1. The van der Waals surface area contributed by atoms with Crippen molar-refractivity contribution < 1.29 is 74.9 Å². The molecule has 18 heteroatoms. The second-order valence-electron chi connectivity index (χ2n) is 23.9. The number of aliphatic hydroxyl groups excluding tert-OH is 9. The van der Waals surface area contributed by atoms with Crippen LogP contribution in [0.5, 0.6) is 0 Å². The second kappa shape index (κ2) is 38.3. The first-order valence-electron chi connectivity index (χ1n) is 29.9. The molecular formula is C62H109N3O15. The van der Waals surface area contributed by atoms with Gasteiger partial charge in [-0.05, 0) is 95.0 Å². The summed E-state index contributed by atoms with van der Waals surface area (Å²) < 4.78 is 18.2. The standard InChI is InChI=1S/C62H109N3O15/c1-39(2)22-17-18-28-57(74)78-49-33-47(66)32-48(67)34-52(69)40(3)24-20-26-44(7)58(43(6)23-16-14-12-13-15-19-31-65-61(63-10)64-11)79-60(76)45(8)27-21-25-41(4)53(70)37-54(71)46(9)51(68)30-29-42(5)56(73)38-62(77)59(75)55(72)36-50(35-49)80-62/h12-13,20-21,24-27,39,41-44,46-56,58-59,66-73,75,77H,14-19,22-23,28-38H2,1-11H3,(H2,63,64,65)/t41-,42+,43+,44+,46+,47-,48-,49+,50+,51+,52+,53+,54+,55-,56+,58+,59+,62-/m1/s1. The topological polar surface area (TPSA) is 301 Å². The van der Waals surface area contributed by atoms with Gasteiger partial charge >= 0.3 is 11.9 Å². The normalized spacial score (nSPS) is 34.7. The Morgan fingerprint density at radius 3 is 2.08 bits per heavy atom. The maximum atomic E-state index is 13.7. The van der Waals surface area contributed by atoms with Crippen molar-refractivity contribution in [1.82, 2.24) is 10.6 Å². The minimum absolute atomic E-state index is 0.0323. The quantitative estimate of drug-likeness (QED) is 0.0279. The summed E-state index contributed by atoms with van der Waals surface area (Å²) in [6, 6.07) is 0. The van der Waals surface area contributed by atoms with Crippen molar-refractivity contribution in [3.63, 3.8) is 0 Å². The van der Waals surface area contributed by atoms with E-state index in [9.17, 15) is 60.7 Å². The lowest BCUT2D eigenvalue weighted by Crippen LogP contribution is -2.60. The first-order chi connectivity index (χ1) is 37.7. The molecule has 2 aliphatic heterocycles. The molecule has 80 heavy (non-hydrogen) atoms. The van der Waals surface area contributed by atoms with Crippen LogP contribution >= 0.6 is 0 Å². The summed E-state index contributed by atoms with van der Waals surface area (Å²) in [5, 5.41) is 119. The van der Waals surface area contributed by atoms with Crippen LogP contribution in [0.3, 0.4) is 0 Å². The Balaban J connectivity index is 2.44. The number of carbonyl (C=O) groups is 2. The molecule has 2 rings (SSSR count). The molecule has 18 atom stereocenters. The molecule has 1 fully saturated rings. The summed E-state index contributed by atoms with van der Waals surface area (Å²) >= 11 is 0. The molecule has 2 heterocycles. The lowest BCUT2D eigenvalue weighted by Gasteiger charge is -2.45. The third kappa shape index (κ3) is 27.7. The maximum absolute atomic E-state index is 13.7. The third-order valence-electron chi connectivity index (χ3n) is 16.1. The zero-order valence-electron chi connectivity index (χ0n) is 50.4. The summed E-state index contributed by atoms with van der Waals surface area (Å²) in [6.45, 7) is 17.5. The first-order valence-corrected chi connectivity index (χ1v) is 29.9. The maximum Gasteiger partial charge on any atom is 0.334 e. The fourth-order valence-corrected chi connectivity index (χ4v) is 10.3. The second-order valence-corrected chi connectivity index (χ2v) is 23.9. The van der Waals surface area contributed by atoms with Gasteiger partial charge in [-0.1, -0.05) is 110 Å². The average Bonchev–Trinajstić information content (AvgIpc) is 3.39. The first kappa shape index (κ1) is 72.6. The molecule has 0 saturated carbocycles. The minimum Gasteiger partial charge on any atom is -0.462 e. The van der Waals surface area contributed by atoms with Crippen LogP contribution in [0.4, 0.5) is 0 Å². The number of nitrogens with zero attached hydrogens (tertiary/aromatic N) is 1. The number of rotatable bonds is 15. The number of ether oxygens (including phenoxy) is 3. The van der Waals surface area contributed by atoms with E-state index < -0.39 is 115 Å². The van der Waals surface area contributed by atoms with Gasteiger partial charge in [-0.25, -0.2) is 4.79 Å². The van der Waals surface area contributed by atoms with E-state index >= 15 is 0 Å². The Morgan fingerprint density at radius 1 is 0.762 bits per heavy atom. The Bertz CT molecular complexity index is 1940. The van der Waals surface area contributed by atoms with Gasteiger partial charge in [-0.15, -0.1) is 0 Å².